The largest absolute Gasteiger partial charge is 0.495 e. The van der Waals surface area contributed by atoms with Gasteiger partial charge in [-0.15, -0.1) is 0 Å². The van der Waals surface area contributed by atoms with Crippen LogP contribution in [-0.4, -0.2) is 26.6 Å². The van der Waals surface area contributed by atoms with Gasteiger partial charge >= 0.3 is 0 Å². The minimum atomic E-state index is -0.291. The number of amides is 1. The molecule has 2 aromatic carbocycles. The zero-order valence-corrected chi connectivity index (χ0v) is 15.7. The molecule has 0 spiro atoms. The van der Waals surface area contributed by atoms with E-state index in [2.05, 4.69) is 21.2 Å². The van der Waals surface area contributed by atoms with E-state index < -0.39 is 0 Å². The second kappa shape index (κ2) is 8.46. The number of rotatable bonds is 6. The van der Waals surface area contributed by atoms with Gasteiger partial charge in [-0.25, -0.2) is 4.39 Å². The van der Waals surface area contributed by atoms with E-state index in [1.165, 1.54) is 13.2 Å². The molecular weight excluding hydrogens is 399 g/mol. The van der Waals surface area contributed by atoms with E-state index in [0.29, 0.717) is 33.0 Å². The molecule has 0 fully saturated rings. The molecule has 1 amide bonds. The van der Waals surface area contributed by atoms with Gasteiger partial charge in [0, 0.05) is 15.1 Å². The summed E-state index contributed by atoms with van der Waals surface area (Å²) in [6, 6.07) is 9.90. The monoisotopic (exact) mass is 415 g/mol. The molecule has 2 rings (SSSR count). The summed E-state index contributed by atoms with van der Waals surface area (Å²) < 4.78 is 19.7. The van der Waals surface area contributed by atoms with Gasteiger partial charge in [-0.05, 0) is 36.4 Å². The Bertz CT molecular complexity index is 743. The van der Waals surface area contributed by atoms with Crippen molar-refractivity contribution in [1.82, 2.24) is 0 Å². The lowest BCUT2D eigenvalue weighted by Gasteiger charge is -2.15. The number of likely N-dealkylation sites (N-methyl/N-ethyl adjacent to an activating group) is 1. The number of anilines is 1. The van der Waals surface area contributed by atoms with E-state index in [9.17, 15) is 9.18 Å². The fourth-order valence-corrected chi connectivity index (χ4v) is 2.80. The summed E-state index contributed by atoms with van der Waals surface area (Å²) in [4.78, 5) is 13.1. The highest BCUT2D eigenvalue weighted by Gasteiger charge is 2.15. The molecule has 1 unspecified atom stereocenters. The Morgan fingerprint density at radius 3 is 2.75 bits per heavy atom. The number of carbonyl (C=O) groups excluding carboxylic acids is 1. The van der Waals surface area contributed by atoms with E-state index in [0.717, 1.165) is 4.90 Å². The quantitative estimate of drug-likeness (QED) is 0.760. The van der Waals surface area contributed by atoms with Crippen molar-refractivity contribution in [3.63, 3.8) is 0 Å². The number of benzene rings is 2. The van der Waals surface area contributed by atoms with Crippen molar-refractivity contribution in [2.24, 2.45) is 0 Å². The van der Waals surface area contributed by atoms with Gasteiger partial charge in [-0.2, -0.15) is 0 Å². The lowest BCUT2D eigenvalue weighted by Crippen LogP contribution is -3.08. The predicted molar refractivity (Wildman–Crippen MR) is 96.2 cm³/mol. The first-order valence-corrected chi connectivity index (χ1v) is 8.44. The second-order valence-corrected chi connectivity index (χ2v) is 6.79. The Morgan fingerprint density at radius 1 is 1.33 bits per heavy atom. The average Bonchev–Trinajstić information content (AvgIpc) is 2.50. The van der Waals surface area contributed by atoms with Gasteiger partial charge in [0.2, 0.25) is 0 Å². The third-order valence-corrected chi connectivity index (χ3v) is 4.13. The number of hydrogen-bond acceptors (Lipinski definition) is 2. The topological polar surface area (TPSA) is 42.8 Å². The number of ether oxygens (including phenoxy) is 1. The van der Waals surface area contributed by atoms with Gasteiger partial charge in [0.25, 0.3) is 5.91 Å². The van der Waals surface area contributed by atoms with E-state index in [1.54, 1.807) is 30.3 Å². The van der Waals surface area contributed by atoms with Crippen LogP contribution in [0.3, 0.4) is 0 Å². The maximum atomic E-state index is 13.9. The second-order valence-electron chi connectivity index (χ2n) is 5.44. The van der Waals surface area contributed by atoms with Crippen molar-refractivity contribution in [2.45, 2.75) is 6.54 Å². The molecule has 0 radical (unpaired) electrons. The smallest absolute Gasteiger partial charge is 0.279 e. The number of hydrogen-bond donors (Lipinski definition) is 2. The van der Waals surface area contributed by atoms with Crippen LogP contribution in [0.5, 0.6) is 5.75 Å². The van der Waals surface area contributed by atoms with Crippen molar-refractivity contribution >= 4 is 39.1 Å². The van der Waals surface area contributed by atoms with Crippen LogP contribution < -0.4 is 15.0 Å². The minimum Gasteiger partial charge on any atom is -0.495 e. The van der Waals surface area contributed by atoms with Crippen molar-refractivity contribution in [1.29, 1.82) is 0 Å². The highest BCUT2D eigenvalue weighted by molar-refractivity contribution is 9.10. The molecule has 0 aliphatic rings. The van der Waals surface area contributed by atoms with Crippen molar-refractivity contribution in [3.05, 3.63) is 57.3 Å². The van der Waals surface area contributed by atoms with Crippen LogP contribution in [0.25, 0.3) is 0 Å². The first-order chi connectivity index (χ1) is 11.4. The molecule has 128 valence electrons. The summed E-state index contributed by atoms with van der Waals surface area (Å²) in [7, 11) is 3.35. The average molecular weight is 417 g/mol. The zero-order chi connectivity index (χ0) is 17.7. The van der Waals surface area contributed by atoms with Crippen molar-refractivity contribution < 1.29 is 18.8 Å². The fraction of sp³-hybridized carbons (Fsp3) is 0.235. The lowest BCUT2D eigenvalue weighted by atomic mass is 10.2. The van der Waals surface area contributed by atoms with Crippen LogP contribution in [0, 0.1) is 5.82 Å². The molecule has 0 saturated heterocycles. The number of halogens is 3. The van der Waals surface area contributed by atoms with E-state index in [-0.39, 0.29) is 18.3 Å². The molecule has 0 aliphatic carbocycles. The summed E-state index contributed by atoms with van der Waals surface area (Å²) in [5.74, 6) is 0.0376. The Hall–Kier alpha value is -1.63. The molecule has 0 heterocycles. The van der Waals surface area contributed by atoms with Crippen LogP contribution in [0.4, 0.5) is 10.1 Å². The first-order valence-electron chi connectivity index (χ1n) is 7.27. The Morgan fingerprint density at radius 2 is 2.08 bits per heavy atom. The summed E-state index contributed by atoms with van der Waals surface area (Å²) in [6.45, 7) is 0.588. The number of methoxy groups -OCH3 is 1. The molecule has 0 saturated carbocycles. The van der Waals surface area contributed by atoms with Gasteiger partial charge in [-0.1, -0.05) is 27.5 Å². The number of carbonyl (C=O) groups is 1. The molecule has 0 aromatic heterocycles. The number of nitrogens with one attached hydrogen (secondary N) is 2. The Labute approximate surface area is 153 Å². The van der Waals surface area contributed by atoms with E-state index in [4.69, 9.17) is 16.3 Å². The molecule has 24 heavy (non-hydrogen) atoms. The van der Waals surface area contributed by atoms with Crippen molar-refractivity contribution in [2.75, 3.05) is 26.0 Å². The first kappa shape index (κ1) is 18.7. The molecule has 7 heteroatoms. The van der Waals surface area contributed by atoms with Gasteiger partial charge in [0.05, 0.1) is 19.8 Å². The molecule has 2 N–H and O–H groups in total. The summed E-state index contributed by atoms with van der Waals surface area (Å²) in [5.41, 5.74) is 1.07. The zero-order valence-electron chi connectivity index (χ0n) is 13.3. The van der Waals surface area contributed by atoms with Crippen LogP contribution in [-0.2, 0) is 11.3 Å². The Kier molecular flexibility index (Phi) is 6.60. The fourth-order valence-electron chi connectivity index (χ4n) is 2.30. The third kappa shape index (κ3) is 5.19. The van der Waals surface area contributed by atoms with Gasteiger partial charge in [0.1, 0.15) is 18.1 Å². The maximum absolute atomic E-state index is 13.9. The molecule has 1 atom stereocenters. The van der Waals surface area contributed by atoms with Gasteiger partial charge < -0.3 is 15.0 Å². The van der Waals surface area contributed by atoms with Crippen LogP contribution >= 0.6 is 27.5 Å². The maximum Gasteiger partial charge on any atom is 0.279 e. The van der Waals surface area contributed by atoms with Gasteiger partial charge in [0.15, 0.2) is 6.54 Å². The molecule has 0 bridgehead atoms. The SMILES string of the molecule is COc1ccc(Cl)cc1NC(=O)C[NH+](C)Cc1ccc(Br)cc1F. The van der Waals surface area contributed by atoms with Crippen LogP contribution in [0.1, 0.15) is 5.56 Å². The summed E-state index contributed by atoms with van der Waals surface area (Å²) in [5, 5.41) is 3.28. The minimum absolute atomic E-state index is 0.186. The summed E-state index contributed by atoms with van der Waals surface area (Å²) >= 11 is 9.17. The van der Waals surface area contributed by atoms with Crippen LogP contribution in [0.15, 0.2) is 40.9 Å². The standard InChI is InChI=1S/C17H17BrClFN2O2/c1-22(9-11-3-4-12(18)7-14(11)20)10-17(23)21-15-8-13(19)5-6-16(15)24-2/h3-8H,9-10H2,1-2H3,(H,21,23)/p+1. The third-order valence-electron chi connectivity index (χ3n) is 3.41. The van der Waals surface area contributed by atoms with Gasteiger partial charge in [-0.3, -0.25) is 4.79 Å². The van der Waals surface area contributed by atoms with E-state index in [1.807, 2.05) is 7.05 Å². The molecule has 0 aliphatic heterocycles. The Balaban J connectivity index is 1.98. The summed E-state index contributed by atoms with van der Waals surface area (Å²) in [6.07, 6.45) is 0. The normalized spacial score (nSPS) is 11.9. The van der Waals surface area contributed by atoms with E-state index >= 15 is 0 Å². The number of quaternary nitrogens is 1. The van der Waals surface area contributed by atoms with Crippen LogP contribution in [0.2, 0.25) is 5.02 Å². The highest BCUT2D eigenvalue weighted by atomic mass is 79.9. The molecule has 4 nitrogen and oxygen atoms in total. The van der Waals surface area contributed by atoms with Crippen molar-refractivity contribution in [3.8, 4) is 5.75 Å². The highest BCUT2D eigenvalue weighted by Crippen LogP contribution is 2.27. The lowest BCUT2D eigenvalue weighted by molar-refractivity contribution is -0.885. The molecule has 2 aromatic rings. The molecular formula is C17H18BrClFN2O2+. The predicted octanol–water partition coefficient (Wildman–Crippen LogP) is 2.90.